The summed E-state index contributed by atoms with van der Waals surface area (Å²) in [5.41, 5.74) is 3.45. The van der Waals surface area contributed by atoms with Crippen LogP contribution in [-0.4, -0.2) is 10.9 Å². The van der Waals surface area contributed by atoms with E-state index in [-0.39, 0.29) is 5.91 Å². The molecule has 2 aromatic heterocycles. The summed E-state index contributed by atoms with van der Waals surface area (Å²) < 4.78 is 1.04. The van der Waals surface area contributed by atoms with Gasteiger partial charge in [0.15, 0.2) is 0 Å². The molecule has 0 saturated carbocycles. The van der Waals surface area contributed by atoms with Gasteiger partial charge in [0.2, 0.25) is 0 Å². The lowest BCUT2D eigenvalue weighted by atomic mass is 10.2. The maximum atomic E-state index is 12.0. The summed E-state index contributed by atoms with van der Waals surface area (Å²) >= 11 is 4.96. The summed E-state index contributed by atoms with van der Waals surface area (Å²) in [6.45, 7) is 0.480. The van der Waals surface area contributed by atoms with Crippen LogP contribution in [0.5, 0.6) is 0 Å². The first-order valence-corrected chi connectivity index (χ1v) is 6.74. The molecule has 0 aliphatic rings. The predicted octanol–water partition coefficient (Wildman–Crippen LogP) is 2.12. The van der Waals surface area contributed by atoms with Crippen molar-refractivity contribution in [2.75, 3.05) is 5.43 Å². The van der Waals surface area contributed by atoms with Gasteiger partial charge >= 0.3 is 0 Å². The number of halogens is 1. The zero-order valence-corrected chi connectivity index (χ0v) is 11.7. The number of nitrogen functional groups attached to an aromatic ring is 1. The van der Waals surface area contributed by atoms with E-state index < -0.39 is 0 Å². The number of aromatic nitrogens is 1. The molecule has 18 heavy (non-hydrogen) atoms. The third-order valence-electron chi connectivity index (χ3n) is 2.27. The Hall–Kier alpha value is -1.44. The topological polar surface area (TPSA) is 80.0 Å². The van der Waals surface area contributed by atoms with Crippen molar-refractivity contribution >= 4 is 38.9 Å². The molecule has 0 bridgehead atoms. The Labute approximate surface area is 117 Å². The van der Waals surface area contributed by atoms with Gasteiger partial charge in [0.25, 0.3) is 5.91 Å². The standard InChI is InChI=1S/C11H11BrN4OS/c12-10-2-1-7(18-10)5-15-11(17)8-6-14-4-3-9(8)16-13/h1-4,6H,5,13H2,(H,14,16)(H,15,17). The average molecular weight is 327 g/mol. The van der Waals surface area contributed by atoms with Crippen LogP contribution >= 0.6 is 27.3 Å². The lowest BCUT2D eigenvalue weighted by Gasteiger charge is -2.08. The number of amides is 1. The number of thiophene rings is 1. The van der Waals surface area contributed by atoms with E-state index in [9.17, 15) is 4.79 Å². The fourth-order valence-electron chi connectivity index (χ4n) is 1.41. The molecule has 0 fully saturated rings. The van der Waals surface area contributed by atoms with Gasteiger partial charge in [-0.25, -0.2) is 0 Å². The van der Waals surface area contributed by atoms with E-state index in [0.717, 1.165) is 8.66 Å². The molecule has 0 radical (unpaired) electrons. The Bertz CT molecular complexity index is 557. The highest BCUT2D eigenvalue weighted by Crippen LogP contribution is 2.22. The highest BCUT2D eigenvalue weighted by Gasteiger charge is 2.10. The molecule has 5 nitrogen and oxygen atoms in total. The van der Waals surface area contributed by atoms with E-state index in [1.807, 2.05) is 12.1 Å². The smallest absolute Gasteiger partial charge is 0.255 e. The van der Waals surface area contributed by atoms with Crippen molar-refractivity contribution in [3.05, 3.63) is 44.8 Å². The molecule has 4 N–H and O–H groups in total. The number of carbonyl (C=O) groups excluding carboxylic acids is 1. The lowest BCUT2D eigenvalue weighted by Crippen LogP contribution is -2.24. The third kappa shape index (κ3) is 3.06. The fraction of sp³-hybridized carbons (Fsp3) is 0.0909. The molecular formula is C11H11BrN4OS. The Morgan fingerprint density at radius 2 is 2.28 bits per heavy atom. The number of anilines is 1. The third-order valence-corrected chi connectivity index (χ3v) is 3.90. The Morgan fingerprint density at radius 3 is 2.94 bits per heavy atom. The molecule has 1 amide bonds. The van der Waals surface area contributed by atoms with Gasteiger partial charge in [-0.1, -0.05) is 0 Å². The number of carbonyl (C=O) groups is 1. The maximum absolute atomic E-state index is 12.0. The molecule has 0 aromatic carbocycles. The van der Waals surface area contributed by atoms with E-state index in [4.69, 9.17) is 5.84 Å². The minimum absolute atomic E-state index is 0.208. The minimum Gasteiger partial charge on any atom is -0.347 e. The molecular weight excluding hydrogens is 316 g/mol. The fourth-order valence-corrected chi connectivity index (χ4v) is 2.83. The van der Waals surface area contributed by atoms with Crippen molar-refractivity contribution in [2.45, 2.75) is 6.54 Å². The molecule has 0 unspecified atom stereocenters. The number of hydrazine groups is 1. The molecule has 2 aromatic rings. The van der Waals surface area contributed by atoms with E-state index >= 15 is 0 Å². The van der Waals surface area contributed by atoms with Crippen molar-refractivity contribution in [2.24, 2.45) is 5.84 Å². The van der Waals surface area contributed by atoms with Crippen LogP contribution in [0.2, 0.25) is 0 Å². The molecule has 0 saturated heterocycles. The first-order chi connectivity index (χ1) is 8.70. The Morgan fingerprint density at radius 1 is 1.44 bits per heavy atom. The van der Waals surface area contributed by atoms with Crippen LogP contribution in [-0.2, 0) is 6.54 Å². The van der Waals surface area contributed by atoms with Gasteiger partial charge in [-0.3, -0.25) is 15.6 Å². The first-order valence-electron chi connectivity index (χ1n) is 5.13. The van der Waals surface area contributed by atoms with Crippen molar-refractivity contribution in [3.8, 4) is 0 Å². The largest absolute Gasteiger partial charge is 0.347 e. The number of hydrogen-bond donors (Lipinski definition) is 3. The van der Waals surface area contributed by atoms with Gasteiger partial charge < -0.3 is 10.7 Å². The van der Waals surface area contributed by atoms with Crippen LogP contribution in [0, 0.1) is 0 Å². The summed E-state index contributed by atoms with van der Waals surface area (Å²) in [5.74, 6) is 5.13. The van der Waals surface area contributed by atoms with Gasteiger partial charge in [0.05, 0.1) is 21.6 Å². The summed E-state index contributed by atoms with van der Waals surface area (Å²) in [7, 11) is 0. The SMILES string of the molecule is NNc1ccncc1C(=O)NCc1ccc(Br)s1. The number of rotatable bonds is 4. The normalized spacial score (nSPS) is 10.1. The summed E-state index contributed by atoms with van der Waals surface area (Å²) in [4.78, 5) is 16.9. The van der Waals surface area contributed by atoms with Crippen molar-refractivity contribution < 1.29 is 4.79 Å². The molecule has 0 atom stereocenters. The highest BCUT2D eigenvalue weighted by molar-refractivity contribution is 9.11. The van der Waals surface area contributed by atoms with E-state index in [1.54, 1.807) is 23.6 Å². The number of nitrogens with two attached hydrogens (primary N) is 1. The van der Waals surface area contributed by atoms with Crippen molar-refractivity contribution in [1.29, 1.82) is 0 Å². The maximum Gasteiger partial charge on any atom is 0.255 e. The predicted molar refractivity (Wildman–Crippen MR) is 75.2 cm³/mol. The highest BCUT2D eigenvalue weighted by atomic mass is 79.9. The van der Waals surface area contributed by atoms with Crippen LogP contribution in [0.1, 0.15) is 15.2 Å². The number of nitrogens with zero attached hydrogens (tertiary/aromatic N) is 1. The lowest BCUT2D eigenvalue weighted by molar-refractivity contribution is 0.0951. The molecule has 0 aliphatic carbocycles. The minimum atomic E-state index is -0.208. The molecule has 0 spiro atoms. The summed E-state index contributed by atoms with van der Waals surface area (Å²) in [6, 6.07) is 5.56. The van der Waals surface area contributed by atoms with E-state index in [1.165, 1.54) is 6.20 Å². The van der Waals surface area contributed by atoms with Gasteiger partial charge in [0.1, 0.15) is 0 Å². The summed E-state index contributed by atoms with van der Waals surface area (Å²) in [5, 5.41) is 2.82. The second-order valence-corrected chi connectivity index (χ2v) is 6.00. The molecule has 0 aliphatic heterocycles. The van der Waals surface area contributed by atoms with Crippen LogP contribution in [0.3, 0.4) is 0 Å². The monoisotopic (exact) mass is 326 g/mol. The molecule has 2 heterocycles. The van der Waals surface area contributed by atoms with Crippen molar-refractivity contribution in [1.82, 2.24) is 10.3 Å². The van der Waals surface area contributed by atoms with Gasteiger partial charge in [-0.05, 0) is 34.1 Å². The Kier molecular flexibility index (Phi) is 4.29. The van der Waals surface area contributed by atoms with E-state index in [2.05, 4.69) is 31.7 Å². The van der Waals surface area contributed by atoms with Gasteiger partial charge in [-0.2, -0.15) is 0 Å². The average Bonchev–Trinajstić information content (AvgIpc) is 2.81. The zero-order valence-electron chi connectivity index (χ0n) is 9.31. The molecule has 94 valence electrons. The Balaban J connectivity index is 2.03. The van der Waals surface area contributed by atoms with Crippen molar-refractivity contribution in [3.63, 3.8) is 0 Å². The second-order valence-electron chi connectivity index (χ2n) is 3.45. The number of nitrogens with one attached hydrogen (secondary N) is 2. The van der Waals surface area contributed by atoms with Gasteiger partial charge in [-0.15, -0.1) is 11.3 Å². The zero-order chi connectivity index (χ0) is 13.0. The van der Waals surface area contributed by atoms with Gasteiger partial charge in [0, 0.05) is 17.3 Å². The quantitative estimate of drug-likeness (QED) is 0.594. The van der Waals surface area contributed by atoms with Crippen LogP contribution in [0.15, 0.2) is 34.4 Å². The van der Waals surface area contributed by atoms with Crippen LogP contribution in [0.25, 0.3) is 0 Å². The first kappa shape index (κ1) is 13.0. The van der Waals surface area contributed by atoms with Crippen LogP contribution in [0.4, 0.5) is 5.69 Å². The number of pyridine rings is 1. The molecule has 7 heteroatoms. The van der Waals surface area contributed by atoms with Crippen LogP contribution < -0.4 is 16.6 Å². The molecule has 2 rings (SSSR count). The summed E-state index contributed by atoms with van der Waals surface area (Å²) in [6.07, 6.45) is 3.05. The van der Waals surface area contributed by atoms with E-state index in [0.29, 0.717) is 17.8 Å². The second kappa shape index (κ2) is 5.94. The number of hydrogen-bond acceptors (Lipinski definition) is 5.